The second-order valence-electron chi connectivity index (χ2n) is 3.97. The van der Waals surface area contributed by atoms with Gasteiger partial charge in [-0.15, -0.1) is 11.8 Å². The number of thioether (sulfide) groups is 1. The van der Waals surface area contributed by atoms with Crippen LogP contribution in [0.2, 0.25) is 10.0 Å². The summed E-state index contributed by atoms with van der Waals surface area (Å²) in [5.74, 6) is 0.587. The first-order chi connectivity index (χ1) is 8.63. The number of rotatable bonds is 8. The van der Waals surface area contributed by atoms with Gasteiger partial charge in [0.05, 0.1) is 22.8 Å². The lowest BCUT2D eigenvalue weighted by Gasteiger charge is -2.11. The summed E-state index contributed by atoms with van der Waals surface area (Å²) in [4.78, 5) is 0.997. The standard InChI is InChI=1S/C13H18Cl2O2S/c1-2-3-6-17-8-10(16)9-18-11-4-5-12(14)13(15)7-11/h4-5,7,10,16H,2-3,6,8-9H2,1H3. The van der Waals surface area contributed by atoms with Crippen LogP contribution in [0.3, 0.4) is 0 Å². The van der Waals surface area contributed by atoms with Crippen molar-refractivity contribution in [2.75, 3.05) is 19.0 Å². The summed E-state index contributed by atoms with van der Waals surface area (Å²) in [6, 6.07) is 5.46. The molecule has 102 valence electrons. The van der Waals surface area contributed by atoms with Gasteiger partial charge >= 0.3 is 0 Å². The van der Waals surface area contributed by atoms with E-state index < -0.39 is 6.10 Å². The first kappa shape index (κ1) is 16.1. The van der Waals surface area contributed by atoms with Gasteiger partial charge < -0.3 is 9.84 Å². The van der Waals surface area contributed by atoms with E-state index in [0.717, 1.165) is 17.7 Å². The fraction of sp³-hybridized carbons (Fsp3) is 0.538. The molecular formula is C13H18Cl2O2S. The quantitative estimate of drug-likeness (QED) is 0.574. The Balaban J connectivity index is 2.24. The summed E-state index contributed by atoms with van der Waals surface area (Å²) in [5.41, 5.74) is 0. The molecule has 0 spiro atoms. The Morgan fingerprint density at radius 3 is 2.78 bits per heavy atom. The van der Waals surface area contributed by atoms with E-state index in [0.29, 0.717) is 29.0 Å². The zero-order chi connectivity index (χ0) is 13.4. The third-order valence-corrected chi connectivity index (χ3v) is 4.16. The van der Waals surface area contributed by atoms with Crippen LogP contribution < -0.4 is 0 Å². The molecule has 0 heterocycles. The van der Waals surface area contributed by atoms with Crippen molar-refractivity contribution in [2.24, 2.45) is 0 Å². The van der Waals surface area contributed by atoms with E-state index in [1.54, 1.807) is 23.9 Å². The summed E-state index contributed by atoms with van der Waals surface area (Å²) in [5, 5.41) is 10.8. The van der Waals surface area contributed by atoms with Gasteiger partial charge in [0.25, 0.3) is 0 Å². The maximum atomic E-state index is 9.73. The van der Waals surface area contributed by atoms with Crippen molar-refractivity contribution >= 4 is 35.0 Å². The number of unbranched alkanes of at least 4 members (excludes halogenated alkanes) is 1. The van der Waals surface area contributed by atoms with Gasteiger partial charge in [0.1, 0.15) is 0 Å². The van der Waals surface area contributed by atoms with Crippen molar-refractivity contribution in [2.45, 2.75) is 30.8 Å². The van der Waals surface area contributed by atoms with E-state index in [9.17, 15) is 5.11 Å². The van der Waals surface area contributed by atoms with E-state index in [2.05, 4.69) is 6.92 Å². The van der Waals surface area contributed by atoms with Gasteiger partial charge in [-0.2, -0.15) is 0 Å². The molecule has 0 aliphatic rings. The second kappa shape index (κ2) is 9.05. The predicted molar refractivity (Wildman–Crippen MR) is 78.9 cm³/mol. The van der Waals surface area contributed by atoms with Crippen molar-refractivity contribution in [1.82, 2.24) is 0 Å². The van der Waals surface area contributed by atoms with Gasteiger partial charge in [-0.1, -0.05) is 36.5 Å². The van der Waals surface area contributed by atoms with Crippen LogP contribution in [-0.4, -0.2) is 30.2 Å². The minimum atomic E-state index is -0.457. The van der Waals surface area contributed by atoms with Crippen molar-refractivity contribution in [3.8, 4) is 0 Å². The maximum absolute atomic E-state index is 9.73. The number of ether oxygens (including phenoxy) is 1. The minimum Gasteiger partial charge on any atom is -0.390 e. The normalized spacial score (nSPS) is 12.7. The van der Waals surface area contributed by atoms with E-state index in [1.807, 2.05) is 6.07 Å². The summed E-state index contributed by atoms with van der Waals surface area (Å²) in [6.07, 6.45) is 1.68. The van der Waals surface area contributed by atoms with Crippen molar-refractivity contribution in [3.05, 3.63) is 28.2 Å². The van der Waals surface area contributed by atoms with Crippen molar-refractivity contribution in [3.63, 3.8) is 0 Å². The fourth-order valence-corrected chi connectivity index (χ4v) is 2.48. The zero-order valence-corrected chi connectivity index (χ0v) is 12.7. The highest BCUT2D eigenvalue weighted by atomic mass is 35.5. The van der Waals surface area contributed by atoms with Gasteiger partial charge in [0.2, 0.25) is 0 Å². The number of aliphatic hydroxyl groups is 1. The molecule has 2 nitrogen and oxygen atoms in total. The Hall–Kier alpha value is 0.0700. The van der Waals surface area contributed by atoms with E-state index in [1.165, 1.54) is 0 Å². The molecule has 0 aliphatic heterocycles. The molecule has 0 saturated carbocycles. The van der Waals surface area contributed by atoms with E-state index in [-0.39, 0.29) is 0 Å². The molecule has 0 aliphatic carbocycles. The zero-order valence-electron chi connectivity index (χ0n) is 10.4. The molecule has 0 aromatic heterocycles. The molecule has 5 heteroatoms. The number of aliphatic hydroxyl groups excluding tert-OH is 1. The average molecular weight is 309 g/mol. The smallest absolute Gasteiger partial charge is 0.0867 e. The van der Waals surface area contributed by atoms with Crippen LogP contribution in [0.1, 0.15) is 19.8 Å². The Bertz CT molecular complexity index is 361. The Morgan fingerprint density at radius 2 is 2.11 bits per heavy atom. The number of benzene rings is 1. The summed E-state index contributed by atoms with van der Waals surface area (Å²) in [6.45, 7) is 3.21. The van der Waals surface area contributed by atoms with Gasteiger partial charge in [0.15, 0.2) is 0 Å². The van der Waals surface area contributed by atoms with Gasteiger partial charge in [-0.05, 0) is 24.6 Å². The molecule has 0 radical (unpaired) electrons. The number of hydrogen-bond donors (Lipinski definition) is 1. The minimum absolute atomic E-state index is 0.383. The highest BCUT2D eigenvalue weighted by molar-refractivity contribution is 7.99. The van der Waals surface area contributed by atoms with Crippen LogP contribution in [0.25, 0.3) is 0 Å². The summed E-state index contributed by atoms with van der Waals surface area (Å²) >= 11 is 13.3. The Labute approximate surface area is 123 Å². The predicted octanol–water partition coefficient (Wildman–Crippen LogP) is 4.26. The van der Waals surface area contributed by atoms with Crippen LogP contribution in [0.4, 0.5) is 0 Å². The monoisotopic (exact) mass is 308 g/mol. The SMILES string of the molecule is CCCCOCC(O)CSc1ccc(Cl)c(Cl)c1. The maximum Gasteiger partial charge on any atom is 0.0867 e. The van der Waals surface area contributed by atoms with Gasteiger partial charge in [0, 0.05) is 17.3 Å². The molecule has 1 rings (SSSR count). The first-order valence-corrected chi connectivity index (χ1v) is 7.71. The van der Waals surface area contributed by atoms with E-state index in [4.69, 9.17) is 27.9 Å². The third-order valence-electron chi connectivity index (χ3n) is 2.29. The summed E-state index contributed by atoms with van der Waals surface area (Å²) < 4.78 is 5.36. The molecular weight excluding hydrogens is 291 g/mol. The highest BCUT2D eigenvalue weighted by Crippen LogP contribution is 2.28. The molecule has 1 N–H and O–H groups in total. The topological polar surface area (TPSA) is 29.5 Å². The van der Waals surface area contributed by atoms with Gasteiger partial charge in [-0.25, -0.2) is 0 Å². The first-order valence-electron chi connectivity index (χ1n) is 5.97. The van der Waals surface area contributed by atoms with E-state index >= 15 is 0 Å². The number of halogens is 2. The molecule has 0 bridgehead atoms. The van der Waals surface area contributed by atoms with Crippen LogP contribution in [0, 0.1) is 0 Å². The lowest BCUT2D eigenvalue weighted by Crippen LogP contribution is -2.18. The van der Waals surface area contributed by atoms with Gasteiger partial charge in [-0.3, -0.25) is 0 Å². The molecule has 0 saturated heterocycles. The lowest BCUT2D eigenvalue weighted by atomic mass is 10.3. The Kier molecular flexibility index (Phi) is 8.11. The lowest BCUT2D eigenvalue weighted by molar-refractivity contribution is 0.0473. The average Bonchev–Trinajstić information content (AvgIpc) is 2.36. The molecule has 1 unspecified atom stereocenters. The molecule has 1 aromatic carbocycles. The second-order valence-corrected chi connectivity index (χ2v) is 5.88. The molecule has 0 fully saturated rings. The Morgan fingerprint density at radius 1 is 1.33 bits per heavy atom. The fourth-order valence-electron chi connectivity index (χ4n) is 1.27. The van der Waals surface area contributed by atoms with Crippen LogP contribution in [-0.2, 0) is 4.74 Å². The molecule has 0 amide bonds. The molecule has 18 heavy (non-hydrogen) atoms. The van der Waals surface area contributed by atoms with Crippen molar-refractivity contribution in [1.29, 1.82) is 0 Å². The largest absolute Gasteiger partial charge is 0.390 e. The third kappa shape index (κ3) is 6.30. The van der Waals surface area contributed by atoms with Crippen LogP contribution in [0.15, 0.2) is 23.1 Å². The molecule has 1 atom stereocenters. The van der Waals surface area contributed by atoms with Crippen LogP contribution >= 0.6 is 35.0 Å². The van der Waals surface area contributed by atoms with Crippen molar-refractivity contribution < 1.29 is 9.84 Å². The van der Waals surface area contributed by atoms with Crippen LogP contribution in [0.5, 0.6) is 0 Å². The summed E-state index contributed by atoms with van der Waals surface area (Å²) in [7, 11) is 0. The number of hydrogen-bond acceptors (Lipinski definition) is 3. The molecule has 1 aromatic rings. The highest BCUT2D eigenvalue weighted by Gasteiger charge is 2.06.